The molecule has 6 nitrogen and oxygen atoms in total. The molecule has 7 heteroatoms. The molecule has 0 fully saturated rings. The molecule has 0 radical (unpaired) electrons. The third kappa shape index (κ3) is 6.11. The molecule has 1 rings (SSSR count). The first kappa shape index (κ1) is 18.6. The highest BCUT2D eigenvalue weighted by Gasteiger charge is 2.17. The van der Waals surface area contributed by atoms with Gasteiger partial charge in [-0.3, -0.25) is 4.79 Å². The smallest absolute Gasteiger partial charge is 0.357 e. The lowest BCUT2D eigenvalue weighted by Crippen LogP contribution is -2.34. The minimum Gasteiger partial charge on any atom is -0.461 e. The highest BCUT2D eigenvalue weighted by Crippen LogP contribution is 2.14. The number of unbranched alkanes of at least 4 members (excludes halogenated alkanes) is 2. The maximum absolute atomic E-state index is 12.1. The van der Waals surface area contributed by atoms with Crippen molar-refractivity contribution in [1.29, 1.82) is 0 Å². The number of carbonyl (C=O) groups excluding carboxylic acids is 2. The summed E-state index contributed by atoms with van der Waals surface area (Å²) < 4.78 is 9.84. The van der Waals surface area contributed by atoms with E-state index in [9.17, 15) is 9.59 Å². The minimum atomic E-state index is -0.425. The van der Waals surface area contributed by atoms with Crippen molar-refractivity contribution in [2.24, 2.45) is 0 Å². The van der Waals surface area contributed by atoms with Gasteiger partial charge in [0.15, 0.2) is 5.69 Å². The van der Waals surface area contributed by atoms with E-state index in [1.165, 1.54) is 18.4 Å². The monoisotopic (exact) mass is 328 g/mol. The Kier molecular flexibility index (Phi) is 8.69. The van der Waals surface area contributed by atoms with E-state index >= 15 is 0 Å². The van der Waals surface area contributed by atoms with E-state index in [0.717, 1.165) is 24.3 Å². The lowest BCUT2D eigenvalue weighted by molar-refractivity contribution is -0.135. The van der Waals surface area contributed by atoms with Crippen LogP contribution in [0.3, 0.4) is 0 Å². The number of amides is 1. The normalized spacial score (nSPS) is 10.5. The predicted octanol–water partition coefficient (Wildman–Crippen LogP) is 2.49. The van der Waals surface area contributed by atoms with Crippen molar-refractivity contribution in [3.05, 3.63) is 16.1 Å². The van der Waals surface area contributed by atoms with Gasteiger partial charge in [0.2, 0.25) is 5.91 Å². The van der Waals surface area contributed by atoms with Gasteiger partial charge in [0.25, 0.3) is 0 Å². The molecule has 0 aromatic carbocycles. The molecule has 0 atom stereocenters. The van der Waals surface area contributed by atoms with Gasteiger partial charge in [-0.2, -0.15) is 0 Å². The van der Waals surface area contributed by atoms with Gasteiger partial charge >= 0.3 is 5.97 Å². The van der Waals surface area contributed by atoms with Gasteiger partial charge in [0, 0.05) is 19.0 Å². The van der Waals surface area contributed by atoms with E-state index in [2.05, 4.69) is 11.9 Å². The number of ether oxygens (including phenoxy) is 2. The van der Waals surface area contributed by atoms with Crippen LogP contribution in [0.15, 0.2) is 5.38 Å². The van der Waals surface area contributed by atoms with Crippen LogP contribution in [-0.4, -0.2) is 48.6 Å². The molecule has 1 amide bonds. The third-order valence-corrected chi connectivity index (χ3v) is 3.85. The number of rotatable bonds is 10. The standard InChI is InChI=1S/C15H24N2O4S/c1-4-6-7-8-17(14(18)10-20-3)9-13-16-12(11-22-13)15(19)21-5-2/h11H,4-10H2,1-3H3. The Labute approximate surface area is 135 Å². The number of carbonyl (C=O) groups is 2. The molecule has 0 aliphatic carbocycles. The summed E-state index contributed by atoms with van der Waals surface area (Å²) in [5.41, 5.74) is 0.301. The van der Waals surface area contributed by atoms with Crippen LogP contribution in [0.4, 0.5) is 0 Å². The Balaban J connectivity index is 2.67. The molecule has 0 spiro atoms. The summed E-state index contributed by atoms with van der Waals surface area (Å²) in [6, 6.07) is 0. The number of hydrogen-bond donors (Lipinski definition) is 0. The summed E-state index contributed by atoms with van der Waals surface area (Å²) in [7, 11) is 1.50. The summed E-state index contributed by atoms with van der Waals surface area (Å²) in [6.45, 7) is 5.32. The molecule has 22 heavy (non-hydrogen) atoms. The van der Waals surface area contributed by atoms with Crippen LogP contribution in [-0.2, 0) is 20.8 Å². The number of aromatic nitrogens is 1. The van der Waals surface area contributed by atoms with Crippen molar-refractivity contribution in [2.75, 3.05) is 26.9 Å². The number of hydrogen-bond acceptors (Lipinski definition) is 6. The topological polar surface area (TPSA) is 68.7 Å². The van der Waals surface area contributed by atoms with Gasteiger partial charge in [0.1, 0.15) is 11.6 Å². The van der Waals surface area contributed by atoms with E-state index in [-0.39, 0.29) is 12.5 Å². The first-order valence-electron chi connectivity index (χ1n) is 7.50. The highest BCUT2D eigenvalue weighted by atomic mass is 32.1. The van der Waals surface area contributed by atoms with Crippen LogP contribution in [0.25, 0.3) is 0 Å². The van der Waals surface area contributed by atoms with E-state index in [1.807, 2.05) is 0 Å². The Hall–Kier alpha value is -1.47. The maximum Gasteiger partial charge on any atom is 0.357 e. The van der Waals surface area contributed by atoms with Gasteiger partial charge in [-0.15, -0.1) is 11.3 Å². The van der Waals surface area contributed by atoms with Crippen LogP contribution >= 0.6 is 11.3 Å². The fraction of sp³-hybridized carbons (Fsp3) is 0.667. The second-order valence-corrected chi connectivity index (χ2v) is 5.75. The lowest BCUT2D eigenvalue weighted by atomic mass is 10.2. The van der Waals surface area contributed by atoms with Crippen molar-refractivity contribution >= 4 is 23.2 Å². The van der Waals surface area contributed by atoms with Gasteiger partial charge < -0.3 is 14.4 Å². The molecule has 0 aliphatic rings. The maximum atomic E-state index is 12.1. The lowest BCUT2D eigenvalue weighted by Gasteiger charge is -2.21. The summed E-state index contributed by atoms with van der Waals surface area (Å²) in [5.74, 6) is -0.489. The number of nitrogens with zero attached hydrogens (tertiary/aromatic N) is 2. The molecule has 0 unspecified atom stereocenters. The van der Waals surface area contributed by atoms with Gasteiger partial charge in [0.05, 0.1) is 13.2 Å². The minimum absolute atomic E-state index is 0.0578. The second kappa shape index (κ2) is 10.3. The Morgan fingerprint density at radius 1 is 1.32 bits per heavy atom. The van der Waals surface area contributed by atoms with Crippen LogP contribution in [0.1, 0.15) is 48.6 Å². The van der Waals surface area contributed by atoms with E-state index in [4.69, 9.17) is 9.47 Å². The molecule has 124 valence electrons. The van der Waals surface area contributed by atoms with Crippen molar-refractivity contribution in [3.63, 3.8) is 0 Å². The fourth-order valence-corrected chi connectivity index (χ4v) is 2.68. The summed E-state index contributed by atoms with van der Waals surface area (Å²) in [6.07, 6.45) is 3.11. The first-order chi connectivity index (χ1) is 10.6. The summed E-state index contributed by atoms with van der Waals surface area (Å²) in [4.78, 5) is 29.7. The molecular weight excluding hydrogens is 304 g/mol. The van der Waals surface area contributed by atoms with E-state index < -0.39 is 5.97 Å². The van der Waals surface area contributed by atoms with E-state index in [1.54, 1.807) is 17.2 Å². The van der Waals surface area contributed by atoms with Crippen molar-refractivity contribution < 1.29 is 19.1 Å². The quantitative estimate of drug-likeness (QED) is 0.487. The zero-order valence-electron chi connectivity index (χ0n) is 13.5. The SMILES string of the molecule is CCCCCN(Cc1nc(C(=O)OCC)cs1)C(=O)COC. The molecule has 0 bridgehead atoms. The Morgan fingerprint density at radius 2 is 2.09 bits per heavy atom. The highest BCUT2D eigenvalue weighted by molar-refractivity contribution is 7.09. The average molecular weight is 328 g/mol. The number of thiazole rings is 1. The van der Waals surface area contributed by atoms with Crippen LogP contribution in [0.2, 0.25) is 0 Å². The molecule has 0 aliphatic heterocycles. The molecule has 0 saturated carbocycles. The summed E-state index contributed by atoms with van der Waals surface area (Å²) in [5, 5.41) is 2.39. The van der Waals surface area contributed by atoms with Crippen molar-refractivity contribution in [1.82, 2.24) is 9.88 Å². The van der Waals surface area contributed by atoms with Crippen molar-refractivity contribution in [3.8, 4) is 0 Å². The molecule has 1 aromatic rings. The molecule has 1 heterocycles. The first-order valence-corrected chi connectivity index (χ1v) is 8.38. The molecular formula is C15H24N2O4S. The van der Waals surface area contributed by atoms with E-state index in [0.29, 0.717) is 25.4 Å². The Morgan fingerprint density at radius 3 is 2.73 bits per heavy atom. The van der Waals surface area contributed by atoms with Crippen LogP contribution < -0.4 is 0 Å². The average Bonchev–Trinajstić information content (AvgIpc) is 2.95. The summed E-state index contributed by atoms with van der Waals surface area (Å²) >= 11 is 1.36. The van der Waals surface area contributed by atoms with Gasteiger partial charge in [-0.05, 0) is 13.3 Å². The molecule has 0 N–H and O–H groups in total. The largest absolute Gasteiger partial charge is 0.461 e. The Bertz CT molecular complexity index is 476. The van der Waals surface area contributed by atoms with Gasteiger partial charge in [-0.1, -0.05) is 19.8 Å². The zero-order valence-corrected chi connectivity index (χ0v) is 14.3. The van der Waals surface area contributed by atoms with Crippen molar-refractivity contribution in [2.45, 2.75) is 39.7 Å². The zero-order chi connectivity index (χ0) is 16.4. The third-order valence-electron chi connectivity index (χ3n) is 3.01. The molecule has 0 saturated heterocycles. The van der Waals surface area contributed by atoms with Crippen LogP contribution in [0, 0.1) is 0 Å². The van der Waals surface area contributed by atoms with Gasteiger partial charge in [-0.25, -0.2) is 9.78 Å². The second-order valence-electron chi connectivity index (χ2n) is 4.80. The number of methoxy groups -OCH3 is 1. The fourth-order valence-electron chi connectivity index (χ4n) is 1.90. The van der Waals surface area contributed by atoms with Crippen LogP contribution in [0.5, 0.6) is 0 Å². The predicted molar refractivity (Wildman–Crippen MR) is 84.9 cm³/mol. The molecule has 1 aromatic heterocycles. The number of esters is 1.